The molecular weight excluding hydrogens is 311 g/mol. The number of hydrogen-bond acceptors (Lipinski definition) is 4. The quantitative estimate of drug-likeness (QED) is 0.834. The molecule has 1 aromatic heterocycles. The average Bonchev–Trinajstić information content (AvgIpc) is 2.42. The molecule has 1 aromatic carbocycles. The molecule has 0 aliphatic heterocycles. The third-order valence-corrected chi connectivity index (χ3v) is 2.52. The van der Waals surface area contributed by atoms with Crippen molar-refractivity contribution in [1.29, 1.82) is 0 Å². The van der Waals surface area contributed by atoms with Crippen LogP contribution in [0.4, 0.5) is 33.6 Å². The molecule has 5 nitrogen and oxygen atoms in total. The van der Waals surface area contributed by atoms with Gasteiger partial charge in [0.05, 0.1) is 5.56 Å². The van der Waals surface area contributed by atoms with Gasteiger partial charge < -0.3 is 11.1 Å². The summed E-state index contributed by atoms with van der Waals surface area (Å²) in [5.74, 6) is -4.39. The number of benzene rings is 1. The van der Waals surface area contributed by atoms with E-state index in [1.54, 1.807) is 5.32 Å². The number of para-hydroxylation sites is 1. The third-order valence-electron chi connectivity index (χ3n) is 2.52. The molecule has 0 fully saturated rings. The van der Waals surface area contributed by atoms with E-state index >= 15 is 0 Å². The molecule has 0 saturated heterocycles. The van der Waals surface area contributed by atoms with E-state index in [4.69, 9.17) is 5.73 Å². The van der Waals surface area contributed by atoms with Crippen molar-refractivity contribution in [2.75, 3.05) is 11.1 Å². The van der Waals surface area contributed by atoms with Gasteiger partial charge in [-0.3, -0.25) is 4.79 Å². The van der Waals surface area contributed by atoms with E-state index in [-0.39, 0.29) is 0 Å². The highest BCUT2D eigenvalue weighted by Gasteiger charge is 2.38. The second-order valence-electron chi connectivity index (χ2n) is 4.04. The predicted octanol–water partition coefficient (Wildman–Crippen LogP) is 2.61. The highest BCUT2D eigenvalue weighted by Crippen LogP contribution is 2.31. The lowest BCUT2D eigenvalue weighted by atomic mass is 10.2. The summed E-state index contributed by atoms with van der Waals surface area (Å²) in [5, 5.41) is 1.72. The summed E-state index contributed by atoms with van der Waals surface area (Å²) in [7, 11) is 0. The van der Waals surface area contributed by atoms with Gasteiger partial charge in [-0.1, -0.05) is 6.07 Å². The van der Waals surface area contributed by atoms with E-state index in [2.05, 4.69) is 9.97 Å². The summed E-state index contributed by atoms with van der Waals surface area (Å²) < 4.78 is 65.2. The van der Waals surface area contributed by atoms with Crippen molar-refractivity contribution in [2.24, 2.45) is 0 Å². The van der Waals surface area contributed by atoms with Gasteiger partial charge in [0.15, 0.2) is 5.69 Å². The predicted molar refractivity (Wildman–Crippen MR) is 65.8 cm³/mol. The molecule has 10 heteroatoms. The highest BCUT2D eigenvalue weighted by molar-refractivity contribution is 6.05. The Kier molecular flexibility index (Phi) is 3.93. The van der Waals surface area contributed by atoms with Crippen LogP contribution in [0.5, 0.6) is 0 Å². The van der Waals surface area contributed by atoms with Crippen molar-refractivity contribution < 1.29 is 26.7 Å². The lowest BCUT2D eigenvalue weighted by molar-refractivity contribution is -0.141. The number of rotatable bonds is 2. The molecule has 0 radical (unpaired) electrons. The Balaban J connectivity index is 2.43. The Hall–Kier alpha value is -2.78. The van der Waals surface area contributed by atoms with Crippen molar-refractivity contribution in [3.8, 4) is 0 Å². The van der Waals surface area contributed by atoms with E-state index in [0.717, 1.165) is 18.2 Å². The minimum absolute atomic E-state index is 0.527. The fourth-order valence-electron chi connectivity index (χ4n) is 1.58. The SMILES string of the molecule is Nc1ncc(C(=O)Nc2c(F)cccc2F)c(C(F)(F)F)n1. The molecule has 0 aliphatic carbocycles. The topological polar surface area (TPSA) is 80.9 Å². The zero-order valence-electron chi connectivity index (χ0n) is 10.6. The first-order valence-electron chi connectivity index (χ1n) is 5.65. The molecule has 0 atom stereocenters. The molecule has 3 N–H and O–H groups in total. The van der Waals surface area contributed by atoms with Crippen LogP contribution < -0.4 is 11.1 Å². The molecule has 1 amide bonds. The van der Waals surface area contributed by atoms with E-state index in [9.17, 15) is 26.7 Å². The Labute approximate surface area is 120 Å². The summed E-state index contributed by atoms with van der Waals surface area (Å²) in [5.41, 5.74) is 1.56. The number of carbonyl (C=O) groups excluding carboxylic acids is 1. The number of nitrogens with zero attached hydrogens (tertiary/aromatic N) is 2. The first-order valence-corrected chi connectivity index (χ1v) is 5.65. The van der Waals surface area contributed by atoms with Gasteiger partial charge in [-0.2, -0.15) is 13.2 Å². The van der Waals surface area contributed by atoms with Crippen molar-refractivity contribution >= 4 is 17.5 Å². The standard InChI is InChI=1S/C12H7F5N4O/c13-6-2-1-3-7(14)8(6)20-10(22)5-4-19-11(18)21-9(5)12(15,16)17/h1-4H,(H,20,22)(H2,18,19,21). The number of nitrogens with one attached hydrogen (secondary N) is 1. The van der Waals surface area contributed by atoms with Gasteiger partial charge in [-0.05, 0) is 12.1 Å². The van der Waals surface area contributed by atoms with Crippen molar-refractivity contribution in [2.45, 2.75) is 6.18 Å². The van der Waals surface area contributed by atoms with Crippen molar-refractivity contribution in [3.05, 3.63) is 47.3 Å². The number of alkyl halides is 3. The largest absolute Gasteiger partial charge is 0.434 e. The molecule has 2 aromatic rings. The second-order valence-corrected chi connectivity index (χ2v) is 4.04. The van der Waals surface area contributed by atoms with Crippen LogP contribution >= 0.6 is 0 Å². The van der Waals surface area contributed by atoms with E-state index in [1.165, 1.54) is 0 Å². The van der Waals surface area contributed by atoms with Crippen LogP contribution in [0.1, 0.15) is 16.1 Å². The summed E-state index contributed by atoms with van der Waals surface area (Å²) >= 11 is 0. The van der Waals surface area contributed by atoms with Gasteiger partial charge in [0, 0.05) is 6.20 Å². The van der Waals surface area contributed by atoms with Crippen LogP contribution in [-0.2, 0) is 6.18 Å². The summed E-state index contributed by atoms with van der Waals surface area (Å²) in [6.45, 7) is 0. The number of nitrogen functional groups attached to an aromatic ring is 1. The maximum atomic E-state index is 13.4. The van der Waals surface area contributed by atoms with E-state index in [1.807, 2.05) is 0 Å². The third kappa shape index (κ3) is 3.10. The van der Waals surface area contributed by atoms with Crippen molar-refractivity contribution in [1.82, 2.24) is 9.97 Å². The lowest BCUT2D eigenvalue weighted by Crippen LogP contribution is -2.22. The number of anilines is 2. The molecule has 1 heterocycles. The molecule has 2 rings (SSSR count). The number of nitrogens with two attached hydrogens (primary N) is 1. The normalized spacial score (nSPS) is 11.3. The average molecular weight is 318 g/mol. The van der Waals surface area contributed by atoms with Gasteiger partial charge in [0.1, 0.15) is 17.3 Å². The Morgan fingerprint density at radius 2 is 1.77 bits per heavy atom. The van der Waals surface area contributed by atoms with Crippen LogP contribution in [0.25, 0.3) is 0 Å². The maximum Gasteiger partial charge on any atom is 0.434 e. The Bertz CT molecular complexity index is 712. The lowest BCUT2D eigenvalue weighted by Gasteiger charge is -2.12. The number of hydrogen-bond donors (Lipinski definition) is 2. The minimum atomic E-state index is -4.99. The first-order chi connectivity index (χ1) is 10.2. The Morgan fingerprint density at radius 1 is 1.18 bits per heavy atom. The summed E-state index contributed by atoms with van der Waals surface area (Å²) in [6, 6.07) is 2.71. The molecule has 116 valence electrons. The maximum absolute atomic E-state index is 13.4. The zero-order valence-corrected chi connectivity index (χ0v) is 10.6. The number of amides is 1. The molecule has 0 aliphatic rings. The van der Waals surface area contributed by atoms with E-state index in [0.29, 0.717) is 6.20 Å². The molecule has 0 unspecified atom stereocenters. The summed E-state index contributed by atoms with van der Waals surface area (Å²) in [6.07, 6.45) is -4.46. The molecule has 0 saturated carbocycles. The van der Waals surface area contributed by atoms with Crippen molar-refractivity contribution in [3.63, 3.8) is 0 Å². The minimum Gasteiger partial charge on any atom is -0.368 e. The van der Waals surface area contributed by atoms with Gasteiger partial charge >= 0.3 is 6.18 Å². The second kappa shape index (κ2) is 5.54. The zero-order chi connectivity index (χ0) is 16.5. The number of carbonyl (C=O) groups is 1. The fraction of sp³-hybridized carbons (Fsp3) is 0.0833. The smallest absolute Gasteiger partial charge is 0.368 e. The molecule has 22 heavy (non-hydrogen) atoms. The fourth-order valence-corrected chi connectivity index (χ4v) is 1.58. The van der Waals surface area contributed by atoms with Crippen LogP contribution in [0.15, 0.2) is 24.4 Å². The number of aromatic nitrogens is 2. The van der Waals surface area contributed by atoms with Crippen LogP contribution in [0, 0.1) is 11.6 Å². The summed E-state index contributed by atoms with van der Waals surface area (Å²) in [4.78, 5) is 18.1. The van der Waals surface area contributed by atoms with E-state index < -0.39 is 46.6 Å². The van der Waals surface area contributed by atoms with Crippen LogP contribution in [0.3, 0.4) is 0 Å². The molecule has 0 bridgehead atoms. The number of halogens is 5. The van der Waals surface area contributed by atoms with Crippen LogP contribution in [0.2, 0.25) is 0 Å². The van der Waals surface area contributed by atoms with Gasteiger partial charge in [0.2, 0.25) is 5.95 Å². The van der Waals surface area contributed by atoms with Gasteiger partial charge in [-0.15, -0.1) is 0 Å². The monoisotopic (exact) mass is 318 g/mol. The van der Waals surface area contributed by atoms with Crippen LogP contribution in [-0.4, -0.2) is 15.9 Å². The first kappa shape index (κ1) is 15.6. The van der Waals surface area contributed by atoms with Gasteiger partial charge in [0.25, 0.3) is 5.91 Å². The Morgan fingerprint density at radius 3 is 2.32 bits per heavy atom. The molecular formula is C12H7F5N4O. The highest BCUT2D eigenvalue weighted by atomic mass is 19.4. The molecule has 0 spiro atoms. The van der Waals surface area contributed by atoms with Gasteiger partial charge in [-0.25, -0.2) is 18.7 Å².